The van der Waals surface area contributed by atoms with Crippen molar-refractivity contribution in [2.45, 2.75) is 26.3 Å². The molecule has 0 aliphatic carbocycles. The summed E-state index contributed by atoms with van der Waals surface area (Å²) < 4.78 is 10.2. The van der Waals surface area contributed by atoms with Gasteiger partial charge in [-0.15, -0.1) is 0 Å². The first-order valence-corrected chi connectivity index (χ1v) is 5.38. The molecule has 0 amide bonds. The highest BCUT2D eigenvalue weighted by atomic mass is 16.5. The Hall–Kier alpha value is -0.610. The van der Waals surface area contributed by atoms with Crippen LogP contribution in [0.1, 0.15) is 20.8 Å². The van der Waals surface area contributed by atoms with E-state index in [1.165, 1.54) is 7.11 Å². The Bertz CT molecular complexity index is 228. The van der Waals surface area contributed by atoms with Gasteiger partial charge in [0.15, 0.2) is 0 Å². The Balaban J connectivity index is 2.52. The maximum atomic E-state index is 11.3. The largest absolute Gasteiger partial charge is 0.469 e. The van der Waals surface area contributed by atoms with E-state index in [1.54, 1.807) is 0 Å². The van der Waals surface area contributed by atoms with Crippen LogP contribution in [-0.2, 0) is 14.3 Å². The summed E-state index contributed by atoms with van der Waals surface area (Å²) in [5, 5.41) is 0. The average Bonchev–Trinajstić information content (AvgIpc) is 2.19. The molecule has 0 radical (unpaired) electrons. The summed E-state index contributed by atoms with van der Waals surface area (Å²) in [4.78, 5) is 13.6. The molecule has 1 atom stereocenters. The van der Waals surface area contributed by atoms with E-state index in [9.17, 15) is 4.79 Å². The third-order valence-electron chi connectivity index (χ3n) is 2.91. The van der Waals surface area contributed by atoms with Crippen LogP contribution in [0.25, 0.3) is 0 Å². The molecule has 0 aromatic carbocycles. The van der Waals surface area contributed by atoms with Crippen LogP contribution < -0.4 is 0 Å². The van der Waals surface area contributed by atoms with Crippen LogP contribution in [-0.4, -0.2) is 49.8 Å². The molecule has 1 fully saturated rings. The molecule has 4 nitrogen and oxygen atoms in total. The van der Waals surface area contributed by atoms with Gasteiger partial charge in [0.2, 0.25) is 0 Å². The predicted octanol–water partition coefficient (Wildman–Crippen LogP) is 0.906. The van der Waals surface area contributed by atoms with Gasteiger partial charge in [-0.05, 0) is 13.8 Å². The fourth-order valence-corrected chi connectivity index (χ4v) is 1.84. The molecule has 0 bridgehead atoms. The monoisotopic (exact) mass is 215 g/mol. The number of hydrogen-bond donors (Lipinski definition) is 0. The molecule has 1 aliphatic rings. The molecular formula is C11H21NO3. The van der Waals surface area contributed by atoms with Crippen LogP contribution in [0.15, 0.2) is 0 Å². The lowest BCUT2D eigenvalue weighted by Gasteiger charge is -2.42. The summed E-state index contributed by atoms with van der Waals surface area (Å²) in [5.41, 5.74) is 0.0144. The molecule has 4 heteroatoms. The van der Waals surface area contributed by atoms with Crippen LogP contribution in [0.2, 0.25) is 0 Å². The molecule has 0 N–H and O–H groups in total. The van der Waals surface area contributed by atoms with Gasteiger partial charge in [-0.25, -0.2) is 0 Å². The first-order chi connectivity index (χ1) is 6.97. The van der Waals surface area contributed by atoms with E-state index in [-0.39, 0.29) is 17.4 Å². The highest BCUT2D eigenvalue weighted by Gasteiger charge is 2.32. The summed E-state index contributed by atoms with van der Waals surface area (Å²) in [5.74, 6) is -0.218. The number of methoxy groups -OCH3 is 1. The molecule has 0 aromatic heterocycles. The van der Waals surface area contributed by atoms with Crippen molar-refractivity contribution in [1.29, 1.82) is 0 Å². The third kappa shape index (κ3) is 3.18. The molecule has 0 aromatic rings. The lowest BCUT2D eigenvalue weighted by atomic mass is 10.0. The van der Waals surface area contributed by atoms with Gasteiger partial charge in [-0.1, -0.05) is 6.92 Å². The Labute approximate surface area is 91.5 Å². The van der Waals surface area contributed by atoms with Crippen molar-refractivity contribution in [2.75, 3.05) is 33.4 Å². The van der Waals surface area contributed by atoms with Gasteiger partial charge in [0.05, 0.1) is 26.2 Å². The first-order valence-electron chi connectivity index (χ1n) is 5.38. The van der Waals surface area contributed by atoms with Gasteiger partial charge >= 0.3 is 5.97 Å². The Morgan fingerprint density at radius 2 is 2.27 bits per heavy atom. The van der Waals surface area contributed by atoms with Crippen molar-refractivity contribution in [1.82, 2.24) is 4.90 Å². The second-order valence-corrected chi connectivity index (χ2v) is 4.74. The lowest BCUT2D eigenvalue weighted by molar-refractivity contribution is -0.147. The molecule has 1 unspecified atom stereocenters. The fourth-order valence-electron chi connectivity index (χ4n) is 1.84. The number of hydrogen-bond acceptors (Lipinski definition) is 4. The number of rotatable bonds is 3. The van der Waals surface area contributed by atoms with Crippen LogP contribution in [0.4, 0.5) is 0 Å². The molecule has 0 saturated carbocycles. The van der Waals surface area contributed by atoms with E-state index in [4.69, 9.17) is 9.47 Å². The van der Waals surface area contributed by atoms with Crippen LogP contribution in [0.3, 0.4) is 0 Å². The van der Waals surface area contributed by atoms with Gasteiger partial charge in [0, 0.05) is 18.6 Å². The number of carbonyl (C=O) groups is 1. The summed E-state index contributed by atoms with van der Waals surface area (Å²) in [7, 11) is 1.43. The van der Waals surface area contributed by atoms with Crippen molar-refractivity contribution in [3.8, 4) is 0 Å². The molecule has 88 valence electrons. The molecule has 1 saturated heterocycles. The maximum Gasteiger partial charge on any atom is 0.309 e. The molecule has 0 spiro atoms. The smallest absolute Gasteiger partial charge is 0.309 e. The number of nitrogens with zero attached hydrogens (tertiary/aromatic N) is 1. The number of esters is 1. The minimum Gasteiger partial charge on any atom is -0.469 e. The fraction of sp³-hybridized carbons (Fsp3) is 0.909. The zero-order chi connectivity index (χ0) is 11.5. The molecule has 1 rings (SSSR count). The Morgan fingerprint density at radius 3 is 2.80 bits per heavy atom. The Kier molecular flexibility index (Phi) is 4.11. The second kappa shape index (κ2) is 4.94. The summed E-state index contributed by atoms with van der Waals surface area (Å²) in [6.45, 7) is 9.26. The standard InChI is InChI=1S/C11H21NO3/c1-9(10(13)14-4)7-12-5-6-15-8-11(12,2)3/h9H,5-8H2,1-4H3. The van der Waals surface area contributed by atoms with Crippen molar-refractivity contribution < 1.29 is 14.3 Å². The third-order valence-corrected chi connectivity index (χ3v) is 2.91. The summed E-state index contributed by atoms with van der Waals surface area (Å²) in [6.07, 6.45) is 0. The molecule has 1 aliphatic heterocycles. The second-order valence-electron chi connectivity index (χ2n) is 4.74. The van der Waals surface area contributed by atoms with E-state index in [0.29, 0.717) is 0 Å². The van der Waals surface area contributed by atoms with Crippen LogP contribution >= 0.6 is 0 Å². The topological polar surface area (TPSA) is 38.8 Å². The average molecular weight is 215 g/mol. The first kappa shape index (κ1) is 12.5. The highest BCUT2D eigenvalue weighted by Crippen LogP contribution is 2.20. The minimum atomic E-state index is -0.141. The summed E-state index contributed by atoms with van der Waals surface area (Å²) >= 11 is 0. The number of morpholine rings is 1. The Morgan fingerprint density at radius 1 is 1.60 bits per heavy atom. The van der Waals surface area contributed by atoms with Crippen molar-refractivity contribution >= 4 is 5.97 Å². The normalized spacial score (nSPS) is 23.5. The van der Waals surface area contributed by atoms with Crippen molar-refractivity contribution in [3.63, 3.8) is 0 Å². The maximum absolute atomic E-state index is 11.3. The number of ether oxygens (including phenoxy) is 2. The van der Waals surface area contributed by atoms with Gasteiger partial charge in [-0.3, -0.25) is 9.69 Å². The zero-order valence-corrected chi connectivity index (χ0v) is 10.1. The lowest BCUT2D eigenvalue weighted by Crippen LogP contribution is -2.54. The quantitative estimate of drug-likeness (QED) is 0.656. The van der Waals surface area contributed by atoms with Gasteiger partial charge in [0.1, 0.15) is 0 Å². The van der Waals surface area contributed by atoms with Gasteiger partial charge < -0.3 is 9.47 Å². The van der Waals surface area contributed by atoms with Crippen LogP contribution in [0.5, 0.6) is 0 Å². The van der Waals surface area contributed by atoms with E-state index < -0.39 is 0 Å². The molecule has 15 heavy (non-hydrogen) atoms. The molecular weight excluding hydrogens is 194 g/mol. The van der Waals surface area contributed by atoms with E-state index >= 15 is 0 Å². The van der Waals surface area contributed by atoms with Crippen LogP contribution in [0, 0.1) is 5.92 Å². The summed E-state index contributed by atoms with van der Waals surface area (Å²) in [6, 6.07) is 0. The molecule has 1 heterocycles. The van der Waals surface area contributed by atoms with Gasteiger partial charge in [-0.2, -0.15) is 0 Å². The SMILES string of the molecule is COC(=O)C(C)CN1CCOCC1(C)C. The predicted molar refractivity (Wildman–Crippen MR) is 57.7 cm³/mol. The van der Waals surface area contributed by atoms with Gasteiger partial charge in [0.25, 0.3) is 0 Å². The van der Waals surface area contributed by atoms with E-state index in [0.717, 1.165) is 26.3 Å². The number of carbonyl (C=O) groups excluding carboxylic acids is 1. The zero-order valence-electron chi connectivity index (χ0n) is 10.1. The highest BCUT2D eigenvalue weighted by molar-refractivity contribution is 5.72. The van der Waals surface area contributed by atoms with Crippen molar-refractivity contribution in [3.05, 3.63) is 0 Å². The van der Waals surface area contributed by atoms with E-state index in [2.05, 4.69) is 18.7 Å². The van der Waals surface area contributed by atoms with E-state index in [1.807, 2.05) is 6.92 Å². The van der Waals surface area contributed by atoms with Crippen molar-refractivity contribution in [2.24, 2.45) is 5.92 Å². The minimum absolute atomic E-state index is 0.0144.